The molecule has 3 nitrogen and oxygen atoms in total. The number of amides is 1. The highest BCUT2D eigenvalue weighted by Gasteiger charge is 2.06. The number of nitrogens with one attached hydrogen (secondary N) is 1. The van der Waals surface area contributed by atoms with E-state index in [-0.39, 0.29) is 11.7 Å². The number of hydrogen-bond acceptors (Lipinski definition) is 2. The van der Waals surface area contributed by atoms with Crippen LogP contribution in [0, 0.1) is 6.92 Å². The molecule has 1 amide bonds. The quantitative estimate of drug-likeness (QED) is 0.696. The number of anilines is 1. The van der Waals surface area contributed by atoms with Crippen molar-refractivity contribution in [2.45, 2.75) is 6.92 Å². The summed E-state index contributed by atoms with van der Waals surface area (Å²) in [5.41, 5.74) is 0.938. The Bertz CT molecular complexity index is 345. The normalized spacial score (nSPS) is 9.38. The maximum Gasteiger partial charge on any atom is 0.221 e. The zero-order valence-corrected chi connectivity index (χ0v) is 7.33. The molecule has 1 rings (SSSR count). The van der Waals surface area contributed by atoms with Crippen LogP contribution in [0.1, 0.15) is 17.3 Å². The molecule has 0 aromatic heterocycles. The summed E-state index contributed by atoms with van der Waals surface area (Å²) < 4.78 is 0. The Balaban J connectivity index is 3.04. The molecule has 0 aliphatic carbocycles. The van der Waals surface area contributed by atoms with Gasteiger partial charge in [0, 0.05) is 19.4 Å². The second-order valence-corrected chi connectivity index (χ2v) is 2.65. The van der Waals surface area contributed by atoms with Crippen LogP contribution in [0.15, 0.2) is 24.3 Å². The largest absolute Gasteiger partial charge is 0.326 e. The Hall–Kier alpha value is -1.64. The Kier molecular flexibility index (Phi) is 2.80. The van der Waals surface area contributed by atoms with Crippen molar-refractivity contribution in [2.75, 3.05) is 5.32 Å². The maximum atomic E-state index is 11.0. The van der Waals surface area contributed by atoms with Crippen molar-refractivity contribution in [1.82, 2.24) is 0 Å². The summed E-state index contributed by atoms with van der Waals surface area (Å²) >= 11 is 0. The molecule has 67 valence electrons. The summed E-state index contributed by atoms with van der Waals surface area (Å²) in [6, 6.07) is 6.77. The number of ketones is 1. The first-order valence-electron chi connectivity index (χ1n) is 3.84. The molecule has 0 unspecified atom stereocenters. The van der Waals surface area contributed by atoms with Crippen molar-refractivity contribution in [3.8, 4) is 0 Å². The number of carbonyl (C=O) groups excluding carboxylic acids is 2. The van der Waals surface area contributed by atoms with Crippen LogP contribution in [0.4, 0.5) is 5.69 Å². The van der Waals surface area contributed by atoms with E-state index < -0.39 is 0 Å². The van der Waals surface area contributed by atoms with Gasteiger partial charge in [-0.3, -0.25) is 9.59 Å². The average molecular weight is 176 g/mol. The van der Waals surface area contributed by atoms with E-state index in [1.54, 1.807) is 24.3 Å². The second-order valence-electron chi connectivity index (χ2n) is 2.65. The molecule has 0 saturated heterocycles. The highest BCUT2D eigenvalue weighted by molar-refractivity contribution is 6.06. The molecular formula is C10H10NO2. The van der Waals surface area contributed by atoms with Crippen LogP contribution in [-0.2, 0) is 4.79 Å². The minimum absolute atomic E-state index is 0.200. The second kappa shape index (κ2) is 3.85. The van der Waals surface area contributed by atoms with Crippen molar-refractivity contribution >= 4 is 17.4 Å². The van der Waals surface area contributed by atoms with Gasteiger partial charge >= 0.3 is 0 Å². The molecule has 1 aromatic carbocycles. The molecule has 0 fully saturated rings. The minimum atomic E-state index is -0.302. The van der Waals surface area contributed by atoms with Crippen molar-refractivity contribution in [2.24, 2.45) is 0 Å². The topological polar surface area (TPSA) is 46.2 Å². The van der Waals surface area contributed by atoms with E-state index in [1.807, 2.05) is 0 Å². The Morgan fingerprint density at radius 2 is 1.92 bits per heavy atom. The molecule has 13 heavy (non-hydrogen) atoms. The van der Waals surface area contributed by atoms with Gasteiger partial charge < -0.3 is 5.32 Å². The van der Waals surface area contributed by atoms with Gasteiger partial charge in [0.25, 0.3) is 0 Å². The standard InChI is InChI=1S/C10H10NO2/c1-7(12)9-5-3-4-6-10(9)11-8(2)13/h3-6H,1H2,2H3,(H,11,13). The third-order valence-corrected chi connectivity index (χ3v) is 1.54. The van der Waals surface area contributed by atoms with E-state index >= 15 is 0 Å². The van der Waals surface area contributed by atoms with E-state index in [4.69, 9.17) is 0 Å². The zero-order chi connectivity index (χ0) is 9.84. The van der Waals surface area contributed by atoms with E-state index in [9.17, 15) is 9.59 Å². The monoisotopic (exact) mass is 176 g/mol. The molecule has 1 aromatic rings. The summed E-state index contributed by atoms with van der Waals surface area (Å²) in [4.78, 5) is 21.7. The lowest BCUT2D eigenvalue weighted by Gasteiger charge is -2.05. The van der Waals surface area contributed by atoms with E-state index in [0.29, 0.717) is 11.3 Å². The molecule has 0 heterocycles. The molecule has 0 aliphatic rings. The van der Waals surface area contributed by atoms with Gasteiger partial charge in [0.2, 0.25) is 5.91 Å². The van der Waals surface area contributed by atoms with Crippen LogP contribution in [-0.4, -0.2) is 11.7 Å². The first-order chi connectivity index (χ1) is 6.11. The maximum absolute atomic E-state index is 11.0. The van der Waals surface area contributed by atoms with E-state index in [2.05, 4.69) is 12.2 Å². The van der Waals surface area contributed by atoms with E-state index in [0.717, 1.165) is 0 Å². The molecule has 1 N–H and O–H groups in total. The minimum Gasteiger partial charge on any atom is -0.326 e. The van der Waals surface area contributed by atoms with Crippen LogP contribution in [0.3, 0.4) is 0 Å². The predicted molar refractivity (Wildman–Crippen MR) is 50.4 cm³/mol. The fraction of sp³-hybridized carbons (Fsp3) is 0.100. The summed E-state index contributed by atoms with van der Waals surface area (Å²) in [5.74, 6) is -0.502. The number of para-hydroxylation sites is 1. The van der Waals surface area contributed by atoms with Gasteiger partial charge in [-0.1, -0.05) is 12.1 Å². The highest BCUT2D eigenvalue weighted by Crippen LogP contribution is 2.14. The van der Waals surface area contributed by atoms with Gasteiger partial charge in [-0.05, 0) is 12.1 Å². The molecule has 0 atom stereocenters. The Morgan fingerprint density at radius 1 is 1.31 bits per heavy atom. The van der Waals surface area contributed by atoms with Gasteiger partial charge in [-0.2, -0.15) is 0 Å². The number of Topliss-reactive ketones (excluding diaryl/α,β-unsaturated/α-hetero) is 1. The van der Waals surface area contributed by atoms with Crippen LogP contribution < -0.4 is 5.32 Å². The average Bonchev–Trinajstić information content (AvgIpc) is 2.03. The molecule has 0 saturated carbocycles. The zero-order valence-electron chi connectivity index (χ0n) is 7.33. The number of benzene rings is 1. The lowest BCUT2D eigenvalue weighted by molar-refractivity contribution is -0.114. The number of carbonyl (C=O) groups is 2. The van der Waals surface area contributed by atoms with Gasteiger partial charge in [0.15, 0.2) is 5.78 Å². The van der Waals surface area contributed by atoms with E-state index in [1.165, 1.54) is 6.92 Å². The SMILES string of the molecule is [CH2]C(=O)c1ccccc1NC(C)=O. The molecular weight excluding hydrogens is 166 g/mol. The Morgan fingerprint density at radius 3 is 2.46 bits per heavy atom. The van der Waals surface area contributed by atoms with Crippen molar-refractivity contribution in [3.05, 3.63) is 36.8 Å². The summed E-state index contributed by atoms with van der Waals surface area (Å²) in [7, 11) is 0. The van der Waals surface area contributed by atoms with Crippen LogP contribution in [0.2, 0.25) is 0 Å². The van der Waals surface area contributed by atoms with Gasteiger partial charge in [0.05, 0.1) is 5.69 Å². The predicted octanol–water partition coefficient (Wildman–Crippen LogP) is 1.66. The van der Waals surface area contributed by atoms with Crippen LogP contribution in [0.25, 0.3) is 0 Å². The summed E-state index contributed by atoms with van der Waals surface area (Å²) in [6.45, 7) is 4.68. The number of rotatable bonds is 2. The lowest BCUT2D eigenvalue weighted by Crippen LogP contribution is -2.09. The van der Waals surface area contributed by atoms with Crippen molar-refractivity contribution in [1.29, 1.82) is 0 Å². The molecule has 1 radical (unpaired) electrons. The van der Waals surface area contributed by atoms with Crippen LogP contribution >= 0.6 is 0 Å². The first-order valence-corrected chi connectivity index (χ1v) is 3.84. The summed E-state index contributed by atoms with van der Waals surface area (Å²) in [5, 5.41) is 2.55. The molecule has 3 heteroatoms. The smallest absolute Gasteiger partial charge is 0.221 e. The third kappa shape index (κ3) is 2.40. The molecule has 0 spiro atoms. The van der Waals surface area contributed by atoms with Gasteiger partial charge in [-0.25, -0.2) is 0 Å². The van der Waals surface area contributed by atoms with Crippen molar-refractivity contribution < 1.29 is 9.59 Å². The Labute approximate surface area is 76.8 Å². The van der Waals surface area contributed by atoms with Crippen LogP contribution in [0.5, 0.6) is 0 Å². The lowest BCUT2D eigenvalue weighted by atomic mass is 10.1. The fourth-order valence-corrected chi connectivity index (χ4v) is 1.02. The molecule has 0 aliphatic heterocycles. The highest BCUT2D eigenvalue weighted by atomic mass is 16.1. The van der Waals surface area contributed by atoms with Gasteiger partial charge in [0.1, 0.15) is 0 Å². The van der Waals surface area contributed by atoms with Crippen molar-refractivity contribution in [3.63, 3.8) is 0 Å². The van der Waals surface area contributed by atoms with Gasteiger partial charge in [-0.15, -0.1) is 0 Å². The number of hydrogen-bond donors (Lipinski definition) is 1. The fourth-order valence-electron chi connectivity index (χ4n) is 1.02. The third-order valence-electron chi connectivity index (χ3n) is 1.54. The summed E-state index contributed by atoms with van der Waals surface area (Å²) in [6.07, 6.45) is 0. The first kappa shape index (κ1) is 9.45. The molecule has 0 bridgehead atoms.